The van der Waals surface area contributed by atoms with Crippen LogP contribution < -0.4 is 10.6 Å². The molecule has 136 valence electrons. The zero-order valence-electron chi connectivity index (χ0n) is 14.9. The number of aromatic nitrogens is 1. The highest BCUT2D eigenvalue weighted by molar-refractivity contribution is 5.94. The van der Waals surface area contributed by atoms with Gasteiger partial charge < -0.3 is 15.5 Å². The van der Waals surface area contributed by atoms with E-state index in [4.69, 9.17) is 5.73 Å². The highest BCUT2D eigenvalue weighted by Crippen LogP contribution is 2.21. The first-order chi connectivity index (χ1) is 12.0. The van der Waals surface area contributed by atoms with Crippen LogP contribution in [0.4, 0.5) is 5.82 Å². The molecular formula is C18H27N5O2. The zero-order chi connectivity index (χ0) is 17.8. The first-order valence-corrected chi connectivity index (χ1v) is 9.04. The summed E-state index contributed by atoms with van der Waals surface area (Å²) < 4.78 is 0. The predicted octanol–water partition coefficient (Wildman–Crippen LogP) is 0.561. The Hall–Kier alpha value is -2.15. The Morgan fingerprint density at radius 3 is 2.36 bits per heavy atom. The fourth-order valence-corrected chi connectivity index (χ4v) is 3.45. The lowest BCUT2D eigenvalue weighted by Gasteiger charge is -2.34. The number of carbonyl (C=O) groups excluding carboxylic acids is 2. The third-order valence-electron chi connectivity index (χ3n) is 5.14. The van der Waals surface area contributed by atoms with Crippen molar-refractivity contribution in [2.45, 2.75) is 19.8 Å². The molecular weight excluding hydrogens is 318 g/mol. The summed E-state index contributed by atoms with van der Waals surface area (Å²) in [6.07, 6.45) is 4.07. The van der Waals surface area contributed by atoms with Crippen LogP contribution in [0.3, 0.4) is 0 Å². The van der Waals surface area contributed by atoms with Gasteiger partial charge in [-0.15, -0.1) is 0 Å². The molecule has 2 amide bonds. The average molecular weight is 345 g/mol. The quantitative estimate of drug-likeness (QED) is 0.862. The number of rotatable bonds is 4. The maximum Gasteiger partial charge on any atom is 0.255 e. The van der Waals surface area contributed by atoms with Crippen LogP contribution in [0.1, 0.15) is 30.1 Å². The third-order valence-corrected chi connectivity index (χ3v) is 5.14. The number of piperazine rings is 1. The number of nitrogens with two attached hydrogens (primary N) is 1. The Morgan fingerprint density at radius 2 is 1.80 bits per heavy atom. The first-order valence-electron chi connectivity index (χ1n) is 9.04. The van der Waals surface area contributed by atoms with Gasteiger partial charge in [0.25, 0.3) is 5.91 Å². The minimum atomic E-state index is -0.327. The summed E-state index contributed by atoms with van der Waals surface area (Å²) in [6, 6.07) is 3.82. The molecule has 0 bridgehead atoms. The highest BCUT2D eigenvalue weighted by Gasteiger charge is 2.23. The van der Waals surface area contributed by atoms with Crippen LogP contribution in [0.25, 0.3) is 0 Å². The summed E-state index contributed by atoms with van der Waals surface area (Å²) in [5, 5.41) is 0. The Morgan fingerprint density at radius 1 is 1.12 bits per heavy atom. The van der Waals surface area contributed by atoms with Gasteiger partial charge in [-0.05, 0) is 30.9 Å². The molecule has 0 aliphatic carbocycles. The summed E-state index contributed by atoms with van der Waals surface area (Å²) in [5.74, 6) is 1.41. The molecule has 1 aromatic rings. The fourth-order valence-electron chi connectivity index (χ4n) is 3.45. The van der Waals surface area contributed by atoms with Gasteiger partial charge in [-0.2, -0.15) is 0 Å². The van der Waals surface area contributed by atoms with Gasteiger partial charge in [-0.25, -0.2) is 4.98 Å². The van der Waals surface area contributed by atoms with E-state index >= 15 is 0 Å². The van der Waals surface area contributed by atoms with Gasteiger partial charge in [0, 0.05) is 45.5 Å². The molecule has 0 radical (unpaired) electrons. The molecule has 2 fully saturated rings. The van der Waals surface area contributed by atoms with Crippen molar-refractivity contribution in [2.75, 3.05) is 50.7 Å². The third kappa shape index (κ3) is 4.48. The lowest BCUT2D eigenvalue weighted by Crippen LogP contribution is -2.50. The number of amides is 2. The number of pyridine rings is 1. The number of hydrogen-bond acceptors (Lipinski definition) is 5. The Labute approximate surface area is 148 Å². The van der Waals surface area contributed by atoms with Crippen molar-refractivity contribution in [3.63, 3.8) is 0 Å². The van der Waals surface area contributed by atoms with E-state index in [1.807, 2.05) is 21.9 Å². The van der Waals surface area contributed by atoms with Gasteiger partial charge in [0.2, 0.25) is 5.91 Å². The van der Waals surface area contributed by atoms with E-state index in [1.165, 1.54) is 12.8 Å². The molecule has 2 aliphatic heterocycles. The molecule has 0 atom stereocenters. The molecule has 0 unspecified atom stereocenters. The lowest BCUT2D eigenvalue weighted by atomic mass is 9.99. The zero-order valence-corrected chi connectivity index (χ0v) is 14.9. The van der Waals surface area contributed by atoms with Crippen LogP contribution >= 0.6 is 0 Å². The number of hydrogen-bond donors (Lipinski definition) is 1. The van der Waals surface area contributed by atoms with Crippen molar-refractivity contribution >= 4 is 17.6 Å². The summed E-state index contributed by atoms with van der Waals surface area (Å²) in [7, 11) is 0. The highest BCUT2D eigenvalue weighted by atomic mass is 16.2. The molecule has 25 heavy (non-hydrogen) atoms. The molecule has 2 saturated heterocycles. The Bertz CT molecular complexity index is 602. The normalized spacial score (nSPS) is 19.9. The molecule has 3 rings (SSSR count). The minimum Gasteiger partial charge on any atom is -0.369 e. The molecule has 7 heteroatoms. The van der Waals surface area contributed by atoms with Crippen molar-refractivity contribution in [2.24, 2.45) is 11.7 Å². The standard InChI is InChI=1S/C18H27N5O2/c1-14-4-6-22(7-5-14)17-3-2-15(12-20-17)18(25)23-10-8-21(9-11-23)13-16(19)24/h2-3,12,14H,4-11,13H2,1H3,(H2,19,24). The number of piperidine rings is 1. The van der Waals surface area contributed by atoms with E-state index in [-0.39, 0.29) is 18.4 Å². The first kappa shape index (κ1) is 17.7. The Balaban J connectivity index is 1.55. The average Bonchev–Trinajstić information content (AvgIpc) is 2.62. The number of anilines is 1. The van der Waals surface area contributed by atoms with E-state index in [2.05, 4.69) is 16.8 Å². The van der Waals surface area contributed by atoms with Crippen LogP contribution in [0, 0.1) is 5.92 Å². The summed E-state index contributed by atoms with van der Waals surface area (Å²) in [5.41, 5.74) is 5.84. The van der Waals surface area contributed by atoms with Crippen molar-refractivity contribution in [1.82, 2.24) is 14.8 Å². The Kier molecular flexibility index (Phi) is 5.53. The second kappa shape index (κ2) is 7.82. The maximum absolute atomic E-state index is 12.6. The molecule has 2 aliphatic rings. The number of primary amides is 1. The van der Waals surface area contributed by atoms with Crippen LogP contribution in [-0.4, -0.2) is 72.4 Å². The van der Waals surface area contributed by atoms with Crippen molar-refractivity contribution in [3.8, 4) is 0 Å². The van der Waals surface area contributed by atoms with Gasteiger partial charge in [0.05, 0.1) is 12.1 Å². The van der Waals surface area contributed by atoms with Gasteiger partial charge >= 0.3 is 0 Å². The second-order valence-electron chi connectivity index (χ2n) is 7.11. The number of nitrogens with zero attached hydrogens (tertiary/aromatic N) is 4. The molecule has 2 N–H and O–H groups in total. The summed E-state index contributed by atoms with van der Waals surface area (Å²) >= 11 is 0. The topological polar surface area (TPSA) is 82.8 Å². The lowest BCUT2D eigenvalue weighted by molar-refractivity contribution is -0.119. The van der Waals surface area contributed by atoms with Crippen LogP contribution in [-0.2, 0) is 4.79 Å². The van der Waals surface area contributed by atoms with Gasteiger partial charge in [-0.3, -0.25) is 14.5 Å². The monoisotopic (exact) mass is 345 g/mol. The SMILES string of the molecule is CC1CCN(c2ccc(C(=O)N3CCN(CC(N)=O)CC3)cn2)CC1. The maximum atomic E-state index is 12.6. The van der Waals surface area contributed by atoms with Crippen molar-refractivity contribution < 1.29 is 9.59 Å². The van der Waals surface area contributed by atoms with Crippen molar-refractivity contribution in [1.29, 1.82) is 0 Å². The van der Waals surface area contributed by atoms with Gasteiger partial charge in [0.15, 0.2) is 0 Å². The largest absolute Gasteiger partial charge is 0.369 e. The molecule has 7 nitrogen and oxygen atoms in total. The number of carbonyl (C=O) groups is 2. The molecule has 0 saturated carbocycles. The second-order valence-corrected chi connectivity index (χ2v) is 7.11. The fraction of sp³-hybridized carbons (Fsp3) is 0.611. The van der Waals surface area contributed by atoms with Gasteiger partial charge in [-0.1, -0.05) is 6.92 Å². The van der Waals surface area contributed by atoms with E-state index in [1.54, 1.807) is 6.20 Å². The molecule has 0 spiro atoms. The molecule has 1 aromatic heterocycles. The summed E-state index contributed by atoms with van der Waals surface area (Å²) in [6.45, 7) is 7.17. The molecule has 0 aromatic carbocycles. The van der Waals surface area contributed by atoms with Crippen molar-refractivity contribution in [3.05, 3.63) is 23.9 Å². The van der Waals surface area contributed by atoms with Crippen LogP contribution in [0.5, 0.6) is 0 Å². The molecule has 3 heterocycles. The smallest absolute Gasteiger partial charge is 0.255 e. The minimum absolute atomic E-state index is 0.00467. The van der Waals surface area contributed by atoms with E-state index in [9.17, 15) is 9.59 Å². The predicted molar refractivity (Wildman–Crippen MR) is 96.4 cm³/mol. The summed E-state index contributed by atoms with van der Waals surface area (Å²) in [4.78, 5) is 34.2. The van der Waals surface area contributed by atoms with Crippen LogP contribution in [0.15, 0.2) is 18.3 Å². The van der Waals surface area contributed by atoms with E-state index < -0.39 is 0 Å². The van der Waals surface area contributed by atoms with E-state index in [0.29, 0.717) is 31.7 Å². The van der Waals surface area contributed by atoms with E-state index in [0.717, 1.165) is 24.8 Å². The van der Waals surface area contributed by atoms with Gasteiger partial charge in [0.1, 0.15) is 5.82 Å². The van der Waals surface area contributed by atoms with Crippen LogP contribution in [0.2, 0.25) is 0 Å².